The summed E-state index contributed by atoms with van der Waals surface area (Å²) in [5.74, 6) is 0. The zero-order valence-corrected chi connectivity index (χ0v) is 18.7. The number of anilines is 1. The number of hydrogen-bond donors (Lipinski definition) is 2. The number of para-hydroxylation sites is 1. The van der Waals surface area contributed by atoms with E-state index in [-0.39, 0.29) is 4.90 Å². The Morgan fingerprint density at radius 3 is 2.78 bits per heavy atom. The lowest BCUT2D eigenvalue weighted by Crippen LogP contribution is -2.25. The lowest BCUT2D eigenvalue weighted by molar-refractivity contribution is 0.568. The number of benzene rings is 2. The van der Waals surface area contributed by atoms with Crippen molar-refractivity contribution in [3.05, 3.63) is 60.0 Å². The normalized spacial score (nSPS) is 14.1. The fourth-order valence-electron chi connectivity index (χ4n) is 4.68. The summed E-state index contributed by atoms with van der Waals surface area (Å²) in [7, 11) is -3.62. The fourth-order valence-corrected chi connectivity index (χ4v) is 5.93. The van der Waals surface area contributed by atoms with Gasteiger partial charge in [-0.1, -0.05) is 18.2 Å². The molecule has 0 aliphatic heterocycles. The van der Waals surface area contributed by atoms with Gasteiger partial charge in [0.2, 0.25) is 10.0 Å². The summed E-state index contributed by atoms with van der Waals surface area (Å²) in [4.78, 5) is 9.03. The number of nitrogen functional groups attached to an aromatic ring is 1. The lowest BCUT2D eigenvalue weighted by atomic mass is 9.90. The van der Waals surface area contributed by atoms with Gasteiger partial charge in [0.05, 0.1) is 23.0 Å². The van der Waals surface area contributed by atoms with Gasteiger partial charge >= 0.3 is 0 Å². The molecule has 1 aliphatic rings. The van der Waals surface area contributed by atoms with E-state index in [2.05, 4.69) is 25.3 Å². The molecule has 1 aliphatic carbocycles. The standard InChI is InChI=1S/C24H27N5O2S/c25-20-15-18-7-1-2-10-19(18)24-23(20)27-16-29(24)14-4-3-13-28-32(30,31)21-11-5-8-17-9-6-12-26-22(17)21/h5-6,8-9,11-12,15-16,28H,1-4,7,10,13-14,25H2. The van der Waals surface area contributed by atoms with Crippen molar-refractivity contribution in [1.82, 2.24) is 19.3 Å². The molecule has 2 heterocycles. The van der Waals surface area contributed by atoms with Gasteiger partial charge in [0.15, 0.2) is 0 Å². The van der Waals surface area contributed by atoms with Gasteiger partial charge in [-0.2, -0.15) is 0 Å². The predicted octanol–water partition coefficient (Wildman–Crippen LogP) is 3.80. The fraction of sp³-hybridized carbons (Fsp3) is 0.333. The maximum absolute atomic E-state index is 12.8. The zero-order valence-electron chi connectivity index (χ0n) is 17.9. The van der Waals surface area contributed by atoms with Crippen LogP contribution < -0.4 is 10.5 Å². The van der Waals surface area contributed by atoms with E-state index < -0.39 is 10.0 Å². The van der Waals surface area contributed by atoms with Crippen molar-refractivity contribution in [2.24, 2.45) is 0 Å². The molecule has 3 N–H and O–H groups in total. The number of unbranched alkanes of at least 4 members (excludes halogenated alkanes) is 1. The summed E-state index contributed by atoms with van der Waals surface area (Å²) in [6.07, 6.45) is 9.58. The number of nitrogens with two attached hydrogens (primary N) is 1. The number of imidazole rings is 1. The predicted molar refractivity (Wildman–Crippen MR) is 127 cm³/mol. The van der Waals surface area contributed by atoms with Crippen LogP contribution in [0.4, 0.5) is 5.69 Å². The number of aromatic nitrogens is 3. The lowest BCUT2D eigenvalue weighted by Gasteiger charge is -2.19. The average molecular weight is 450 g/mol. The first-order chi connectivity index (χ1) is 15.5. The molecule has 0 unspecified atom stereocenters. The SMILES string of the molecule is Nc1cc2c(c3c1ncn3CCCCNS(=O)(=O)c1cccc3cccnc13)CCCC2. The van der Waals surface area contributed by atoms with Crippen LogP contribution in [0.15, 0.2) is 53.8 Å². The highest BCUT2D eigenvalue weighted by atomic mass is 32.2. The van der Waals surface area contributed by atoms with E-state index in [1.807, 2.05) is 18.5 Å². The van der Waals surface area contributed by atoms with Gasteiger partial charge in [-0.3, -0.25) is 4.98 Å². The number of sulfonamides is 1. The minimum absolute atomic E-state index is 0.221. The van der Waals surface area contributed by atoms with Crippen molar-refractivity contribution >= 4 is 37.6 Å². The van der Waals surface area contributed by atoms with Crippen LogP contribution in [-0.2, 0) is 29.4 Å². The van der Waals surface area contributed by atoms with Crippen molar-refractivity contribution in [3.8, 4) is 0 Å². The third-order valence-corrected chi connectivity index (χ3v) is 7.73. The molecule has 0 fully saturated rings. The Hall–Kier alpha value is -2.97. The average Bonchev–Trinajstić information content (AvgIpc) is 3.23. The van der Waals surface area contributed by atoms with E-state index in [0.29, 0.717) is 12.1 Å². The third kappa shape index (κ3) is 3.84. The summed E-state index contributed by atoms with van der Waals surface area (Å²) in [5, 5.41) is 0.810. The number of nitrogens with one attached hydrogen (secondary N) is 1. The number of rotatable bonds is 7. The van der Waals surface area contributed by atoms with Crippen molar-refractivity contribution < 1.29 is 8.42 Å². The van der Waals surface area contributed by atoms with Crippen LogP contribution in [-0.4, -0.2) is 29.5 Å². The molecule has 0 saturated heterocycles. The van der Waals surface area contributed by atoms with E-state index in [0.717, 1.165) is 54.3 Å². The summed E-state index contributed by atoms with van der Waals surface area (Å²) < 4.78 is 30.6. The van der Waals surface area contributed by atoms with E-state index in [4.69, 9.17) is 5.73 Å². The van der Waals surface area contributed by atoms with Gasteiger partial charge in [-0.25, -0.2) is 18.1 Å². The van der Waals surface area contributed by atoms with Crippen molar-refractivity contribution in [2.75, 3.05) is 12.3 Å². The number of hydrogen-bond acceptors (Lipinski definition) is 5. The van der Waals surface area contributed by atoms with Crippen LogP contribution in [0.25, 0.3) is 21.9 Å². The molecule has 0 saturated carbocycles. The Labute approximate surface area is 187 Å². The Morgan fingerprint density at radius 1 is 1.03 bits per heavy atom. The molecule has 0 spiro atoms. The largest absolute Gasteiger partial charge is 0.397 e. The van der Waals surface area contributed by atoms with Crippen LogP contribution in [0.2, 0.25) is 0 Å². The van der Waals surface area contributed by atoms with Crippen molar-refractivity contribution in [2.45, 2.75) is 50.0 Å². The number of fused-ring (bicyclic) bond motifs is 4. The first kappa shape index (κ1) is 20.9. The molecule has 4 aromatic rings. The second-order valence-corrected chi connectivity index (χ2v) is 10.1. The van der Waals surface area contributed by atoms with Crippen LogP contribution in [0.3, 0.4) is 0 Å². The van der Waals surface area contributed by atoms with Gasteiger partial charge in [0.25, 0.3) is 0 Å². The molecule has 166 valence electrons. The molecule has 5 rings (SSSR count). The molecule has 7 nitrogen and oxygen atoms in total. The van der Waals surface area contributed by atoms with E-state index in [1.165, 1.54) is 24.0 Å². The first-order valence-electron chi connectivity index (χ1n) is 11.1. The van der Waals surface area contributed by atoms with Crippen molar-refractivity contribution in [1.29, 1.82) is 0 Å². The quantitative estimate of drug-likeness (QED) is 0.330. The van der Waals surface area contributed by atoms with Crippen LogP contribution in [0.1, 0.15) is 36.8 Å². The monoisotopic (exact) mass is 449 g/mol. The van der Waals surface area contributed by atoms with E-state index in [1.54, 1.807) is 24.4 Å². The minimum atomic E-state index is -3.62. The third-order valence-electron chi connectivity index (χ3n) is 6.24. The van der Waals surface area contributed by atoms with Crippen LogP contribution >= 0.6 is 0 Å². The first-order valence-corrected chi connectivity index (χ1v) is 12.6. The summed E-state index contributed by atoms with van der Waals surface area (Å²) >= 11 is 0. The van der Waals surface area contributed by atoms with Gasteiger partial charge in [0, 0.05) is 24.7 Å². The Kier molecular flexibility index (Phi) is 5.57. The van der Waals surface area contributed by atoms with Gasteiger partial charge in [0.1, 0.15) is 10.4 Å². The smallest absolute Gasteiger partial charge is 0.242 e. The molecular formula is C24H27N5O2S. The van der Waals surface area contributed by atoms with Gasteiger partial charge < -0.3 is 10.3 Å². The summed E-state index contributed by atoms with van der Waals surface area (Å²) in [6.45, 7) is 1.16. The molecule has 2 aromatic carbocycles. The molecule has 2 aromatic heterocycles. The van der Waals surface area contributed by atoms with Gasteiger partial charge in [-0.05, 0) is 67.9 Å². The highest BCUT2D eigenvalue weighted by molar-refractivity contribution is 7.89. The maximum Gasteiger partial charge on any atom is 0.242 e. The molecule has 0 atom stereocenters. The number of aryl methyl sites for hydroxylation is 3. The zero-order chi connectivity index (χ0) is 22.1. The van der Waals surface area contributed by atoms with Crippen LogP contribution in [0.5, 0.6) is 0 Å². The second-order valence-electron chi connectivity index (χ2n) is 8.38. The van der Waals surface area contributed by atoms with Crippen molar-refractivity contribution in [3.63, 3.8) is 0 Å². The molecule has 0 amide bonds. The Balaban J connectivity index is 1.25. The van der Waals surface area contributed by atoms with E-state index >= 15 is 0 Å². The Bertz CT molecular complexity index is 1390. The minimum Gasteiger partial charge on any atom is -0.397 e. The number of pyridine rings is 1. The number of nitrogens with zero attached hydrogens (tertiary/aromatic N) is 3. The van der Waals surface area contributed by atoms with E-state index in [9.17, 15) is 8.42 Å². The van der Waals surface area contributed by atoms with Crippen LogP contribution in [0, 0.1) is 0 Å². The molecular weight excluding hydrogens is 422 g/mol. The maximum atomic E-state index is 12.8. The molecule has 0 radical (unpaired) electrons. The highest BCUT2D eigenvalue weighted by Crippen LogP contribution is 2.32. The summed E-state index contributed by atoms with van der Waals surface area (Å²) in [6, 6.07) is 11.0. The molecule has 32 heavy (non-hydrogen) atoms. The molecule has 8 heteroatoms. The highest BCUT2D eigenvalue weighted by Gasteiger charge is 2.19. The second kappa shape index (κ2) is 8.52. The van der Waals surface area contributed by atoms with Gasteiger partial charge in [-0.15, -0.1) is 0 Å². The summed E-state index contributed by atoms with van der Waals surface area (Å²) in [5.41, 5.74) is 12.3. The molecule has 0 bridgehead atoms. The topological polar surface area (TPSA) is 103 Å². The Morgan fingerprint density at radius 2 is 1.88 bits per heavy atom.